The van der Waals surface area contributed by atoms with Gasteiger partial charge in [0.15, 0.2) is 0 Å². The summed E-state index contributed by atoms with van der Waals surface area (Å²) in [7, 11) is 0. The number of nitrogens with zero attached hydrogens (tertiary/aromatic N) is 4. The lowest BCUT2D eigenvalue weighted by atomic mass is 9.84. The fourth-order valence-corrected chi connectivity index (χ4v) is 3.47. The molecule has 1 aromatic rings. The molecule has 130 valence electrons. The van der Waals surface area contributed by atoms with E-state index in [2.05, 4.69) is 14.9 Å². The molecule has 3 aliphatic rings. The van der Waals surface area contributed by atoms with Crippen LogP contribution in [0.2, 0.25) is 0 Å². The Hall–Kier alpha value is -1.89. The van der Waals surface area contributed by atoms with Gasteiger partial charge in [0.2, 0.25) is 11.8 Å². The summed E-state index contributed by atoms with van der Waals surface area (Å²) in [5.74, 6) is 2.04. The van der Waals surface area contributed by atoms with Gasteiger partial charge in [-0.05, 0) is 12.8 Å². The van der Waals surface area contributed by atoms with Gasteiger partial charge in [-0.15, -0.1) is 0 Å². The normalized spacial score (nSPS) is 24.8. The van der Waals surface area contributed by atoms with E-state index in [4.69, 9.17) is 9.47 Å². The second-order valence-corrected chi connectivity index (χ2v) is 6.75. The highest BCUT2D eigenvalue weighted by Crippen LogP contribution is 2.30. The first kappa shape index (κ1) is 15.6. The van der Waals surface area contributed by atoms with Crippen LogP contribution in [-0.4, -0.2) is 66.3 Å². The Morgan fingerprint density at radius 2 is 2.00 bits per heavy atom. The minimum Gasteiger partial charge on any atom is -0.472 e. The van der Waals surface area contributed by atoms with E-state index < -0.39 is 0 Å². The van der Waals surface area contributed by atoms with Crippen LogP contribution in [0.25, 0.3) is 0 Å². The van der Waals surface area contributed by atoms with Crippen LogP contribution < -0.4 is 9.64 Å². The summed E-state index contributed by atoms with van der Waals surface area (Å²) in [6.45, 7) is 4.59. The van der Waals surface area contributed by atoms with Crippen LogP contribution in [0.3, 0.4) is 0 Å². The Bertz CT molecular complexity index is 587. The molecule has 0 aromatic carbocycles. The number of hydrogen-bond acceptors (Lipinski definition) is 6. The SMILES string of the molecule is O=C(C1CCC1)N1CCC(Oc2cc(N3CCOCC3)ncn2)C1. The molecule has 2 aliphatic heterocycles. The van der Waals surface area contributed by atoms with Gasteiger partial charge in [-0.3, -0.25) is 4.79 Å². The summed E-state index contributed by atoms with van der Waals surface area (Å²) in [5, 5.41) is 0. The first-order chi connectivity index (χ1) is 11.8. The molecule has 2 saturated heterocycles. The number of morpholine rings is 1. The molecule has 1 unspecified atom stereocenters. The number of hydrogen-bond donors (Lipinski definition) is 0. The summed E-state index contributed by atoms with van der Waals surface area (Å²) in [6.07, 6.45) is 5.74. The maximum Gasteiger partial charge on any atom is 0.225 e. The zero-order valence-corrected chi connectivity index (χ0v) is 13.9. The second-order valence-electron chi connectivity index (χ2n) is 6.75. The molecule has 3 fully saturated rings. The number of carbonyl (C=O) groups excluding carboxylic acids is 1. The van der Waals surface area contributed by atoms with E-state index in [1.54, 1.807) is 6.33 Å². The van der Waals surface area contributed by atoms with Crippen molar-refractivity contribution in [2.24, 2.45) is 5.92 Å². The maximum absolute atomic E-state index is 12.3. The van der Waals surface area contributed by atoms with Gasteiger partial charge in [0.25, 0.3) is 0 Å². The van der Waals surface area contributed by atoms with Crippen molar-refractivity contribution in [3.63, 3.8) is 0 Å². The largest absolute Gasteiger partial charge is 0.472 e. The molecule has 4 rings (SSSR count). The number of likely N-dealkylation sites (tertiary alicyclic amines) is 1. The molecular weight excluding hydrogens is 308 g/mol. The lowest BCUT2D eigenvalue weighted by Gasteiger charge is -2.29. The number of rotatable bonds is 4. The summed E-state index contributed by atoms with van der Waals surface area (Å²) >= 11 is 0. The standard InChI is InChI=1S/C17H24N4O3/c22-17(13-2-1-3-13)21-5-4-14(11-21)24-16-10-15(18-12-19-16)20-6-8-23-9-7-20/h10,12-14H,1-9,11H2. The van der Waals surface area contributed by atoms with Gasteiger partial charge in [-0.25, -0.2) is 9.97 Å². The van der Waals surface area contributed by atoms with E-state index in [0.717, 1.165) is 57.9 Å². The zero-order valence-electron chi connectivity index (χ0n) is 13.9. The third-order valence-electron chi connectivity index (χ3n) is 5.16. The van der Waals surface area contributed by atoms with E-state index in [9.17, 15) is 4.79 Å². The van der Waals surface area contributed by atoms with E-state index >= 15 is 0 Å². The minimum atomic E-state index is 0.0291. The highest BCUT2D eigenvalue weighted by molar-refractivity contribution is 5.79. The smallest absolute Gasteiger partial charge is 0.225 e. The molecule has 0 bridgehead atoms. The molecule has 7 heteroatoms. The third kappa shape index (κ3) is 3.31. The molecule has 24 heavy (non-hydrogen) atoms. The Balaban J connectivity index is 1.34. The first-order valence-corrected chi connectivity index (χ1v) is 8.90. The molecule has 1 amide bonds. The topological polar surface area (TPSA) is 67.8 Å². The lowest BCUT2D eigenvalue weighted by Crippen LogP contribution is -2.38. The monoisotopic (exact) mass is 332 g/mol. The first-order valence-electron chi connectivity index (χ1n) is 8.90. The van der Waals surface area contributed by atoms with Crippen LogP contribution in [0.5, 0.6) is 5.88 Å². The van der Waals surface area contributed by atoms with Crippen LogP contribution in [-0.2, 0) is 9.53 Å². The molecule has 1 saturated carbocycles. The number of amides is 1. The number of anilines is 1. The Morgan fingerprint density at radius 3 is 2.75 bits per heavy atom. The predicted molar refractivity (Wildman–Crippen MR) is 88.0 cm³/mol. The van der Waals surface area contributed by atoms with Crippen LogP contribution >= 0.6 is 0 Å². The molecule has 0 N–H and O–H groups in total. The lowest BCUT2D eigenvalue weighted by molar-refractivity contribution is -0.137. The van der Waals surface area contributed by atoms with Crippen molar-refractivity contribution < 1.29 is 14.3 Å². The van der Waals surface area contributed by atoms with E-state index in [1.807, 2.05) is 11.0 Å². The van der Waals surface area contributed by atoms with Crippen molar-refractivity contribution in [2.45, 2.75) is 31.8 Å². The molecule has 0 spiro atoms. The van der Waals surface area contributed by atoms with Gasteiger partial charge in [-0.2, -0.15) is 0 Å². The molecule has 7 nitrogen and oxygen atoms in total. The van der Waals surface area contributed by atoms with Crippen molar-refractivity contribution in [1.29, 1.82) is 0 Å². The van der Waals surface area contributed by atoms with Gasteiger partial charge in [0, 0.05) is 38.0 Å². The number of aromatic nitrogens is 2. The van der Waals surface area contributed by atoms with Crippen molar-refractivity contribution in [1.82, 2.24) is 14.9 Å². The summed E-state index contributed by atoms with van der Waals surface area (Å²) < 4.78 is 11.4. The summed E-state index contributed by atoms with van der Waals surface area (Å²) in [5.41, 5.74) is 0. The van der Waals surface area contributed by atoms with Crippen LogP contribution in [0.15, 0.2) is 12.4 Å². The van der Waals surface area contributed by atoms with E-state index in [1.165, 1.54) is 6.42 Å². The molecular formula is C17H24N4O3. The Kier molecular flexibility index (Phi) is 4.51. The summed E-state index contributed by atoms with van der Waals surface area (Å²) in [4.78, 5) is 25.0. The summed E-state index contributed by atoms with van der Waals surface area (Å²) in [6, 6.07) is 1.89. The Morgan fingerprint density at radius 1 is 1.17 bits per heavy atom. The molecule has 1 aromatic heterocycles. The molecule has 1 aliphatic carbocycles. The molecule has 0 radical (unpaired) electrons. The quantitative estimate of drug-likeness (QED) is 0.822. The van der Waals surface area contributed by atoms with Gasteiger partial charge >= 0.3 is 0 Å². The van der Waals surface area contributed by atoms with Gasteiger partial charge in [0.1, 0.15) is 18.2 Å². The van der Waals surface area contributed by atoms with Crippen molar-refractivity contribution >= 4 is 11.7 Å². The van der Waals surface area contributed by atoms with Crippen LogP contribution in [0.1, 0.15) is 25.7 Å². The highest BCUT2D eigenvalue weighted by Gasteiger charge is 2.34. The van der Waals surface area contributed by atoms with Crippen LogP contribution in [0.4, 0.5) is 5.82 Å². The maximum atomic E-state index is 12.3. The average Bonchev–Trinajstić information content (AvgIpc) is 3.03. The minimum absolute atomic E-state index is 0.0291. The van der Waals surface area contributed by atoms with Gasteiger partial charge in [0.05, 0.1) is 19.8 Å². The fourth-order valence-electron chi connectivity index (χ4n) is 3.47. The predicted octanol–water partition coefficient (Wildman–Crippen LogP) is 1.09. The van der Waals surface area contributed by atoms with Gasteiger partial charge in [-0.1, -0.05) is 6.42 Å². The Labute approximate surface area is 142 Å². The number of carbonyl (C=O) groups is 1. The molecule has 1 atom stereocenters. The van der Waals surface area contributed by atoms with E-state index in [-0.39, 0.29) is 12.0 Å². The van der Waals surface area contributed by atoms with Crippen molar-refractivity contribution in [3.05, 3.63) is 12.4 Å². The van der Waals surface area contributed by atoms with Crippen molar-refractivity contribution in [3.8, 4) is 5.88 Å². The number of ether oxygens (including phenoxy) is 2. The van der Waals surface area contributed by atoms with Crippen molar-refractivity contribution in [2.75, 3.05) is 44.3 Å². The molecule has 3 heterocycles. The van der Waals surface area contributed by atoms with Gasteiger partial charge < -0.3 is 19.3 Å². The third-order valence-corrected chi connectivity index (χ3v) is 5.16. The highest BCUT2D eigenvalue weighted by atomic mass is 16.5. The van der Waals surface area contributed by atoms with Crippen LogP contribution in [0, 0.1) is 5.92 Å². The zero-order chi connectivity index (χ0) is 16.4. The average molecular weight is 332 g/mol. The van der Waals surface area contributed by atoms with E-state index in [0.29, 0.717) is 18.3 Å². The second kappa shape index (κ2) is 6.93. The fraction of sp³-hybridized carbons (Fsp3) is 0.706.